The fourth-order valence-corrected chi connectivity index (χ4v) is 1.67. The van der Waals surface area contributed by atoms with Gasteiger partial charge < -0.3 is 13.9 Å². The maximum Gasteiger partial charge on any atom is 0.336 e. The highest BCUT2D eigenvalue weighted by atomic mass is 79.9. The molecule has 0 radical (unpaired) electrons. The molecule has 2 aromatic rings. The number of rotatable bonds is 4. The van der Waals surface area contributed by atoms with Crippen LogP contribution < -0.4 is 15.1 Å². The minimum atomic E-state index is -0.428. The van der Waals surface area contributed by atoms with Gasteiger partial charge in [0.05, 0.1) is 7.11 Å². The van der Waals surface area contributed by atoms with Crippen LogP contribution in [-0.4, -0.2) is 13.7 Å². The van der Waals surface area contributed by atoms with Gasteiger partial charge in [0, 0.05) is 15.9 Å². The average Bonchev–Trinajstić information content (AvgIpc) is 2.35. The summed E-state index contributed by atoms with van der Waals surface area (Å²) < 4.78 is 16.6. The Balaban J connectivity index is 2.54. The van der Waals surface area contributed by atoms with E-state index in [1.807, 2.05) is 0 Å². The van der Waals surface area contributed by atoms with Gasteiger partial charge in [0.2, 0.25) is 5.75 Å². The molecule has 0 saturated carbocycles. The van der Waals surface area contributed by atoms with Gasteiger partial charge in [-0.1, -0.05) is 22.5 Å². The Bertz CT molecular complexity index is 645. The second-order valence-corrected chi connectivity index (χ2v) is 4.70. The van der Waals surface area contributed by atoms with Crippen molar-refractivity contribution in [1.29, 1.82) is 0 Å². The number of ether oxygens (including phenoxy) is 2. The van der Waals surface area contributed by atoms with E-state index in [2.05, 4.69) is 22.5 Å². The van der Waals surface area contributed by atoms with Crippen molar-refractivity contribution in [2.75, 3.05) is 13.7 Å². The van der Waals surface area contributed by atoms with Crippen LogP contribution in [0.2, 0.25) is 0 Å². The fourth-order valence-electron chi connectivity index (χ4n) is 1.55. The molecule has 0 N–H and O–H groups in total. The summed E-state index contributed by atoms with van der Waals surface area (Å²) in [6, 6.07) is 6.60. The van der Waals surface area contributed by atoms with Gasteiger partial charge in [-0.05, 0) is 18.2 Å². The molecule has 94 valence electrons. The molecule has 1 heterocycles. The maximum absolute atomic E-state index is 11.2. The second kappa shape index (κ2) is 5.27. The first-order chi connectivity index (χ1) is 8.61. The van der Waals surface area contributed by atoms with E-state index in [1.165, 1.54) is 13.2 Å². The Morgan fingerprint density at radius 1 is 1.39 bits per heavy atom. The highest BCUT2D eigenvalue weighted by Gasteiger charge is 2.12. The molecule has 0 atom stereocenters. The Labute approximate surface area is 112 Å². The second-order valence-electron chi connectivity index (χ2n) is 3.58. The van der Waals surface area contributed by atoms with Crippen molar-refractivity contribution in [1.82, 2.24) is 0 Å². The zero-order valence-corrected chi connectivity index (χ0v) is 11.3. The third-order valence-corrected chi connectivity index (χ3v) is 2.53. The Hall–Kier alpha value is -1.75. The monoisotopic (exact) mass is 310 g/mol. The minimum absolute atomic E-state index is 0.304. The smallest absolute Gasteiger partial charge is 0.336 e. The molecule has 1 aromatic carbocycles. The predicted molar refractivity (Wildman–Crippen MR) is 72.6 cm³/mol. The first-order valence-electron chi connectivity index (χ1n) is 5.19. The van der Waals surface area contributed by atoms with Crippen LogP contribution in [0.1, 0.15) is 0 Å². The number of benzene rings is 1. The summed E-state index contributed by atoms with van der Waals surface area (Å²) in [7, 11) is 1.50. The number of hydrogen-bond acceptors (Lipinski definition) is 4. The molecule has 5 heteroatoms. The maximum atomic E-state index is 11.2. The van der Waals surface area contributed by atoms with E-state index in [1.54, 1.807) is 18.2 Å². The Morgan fingerprint density at radius 2 is 2.11 bits per heavy atom. The van der Waals surface area contributed by atoms with Crippen LogP contribution in [0.4, 0.5) is 0 Å². The van der Waals surface area contributed by atoms with Crippen LogP contribution in [0.15, 0.2) is 44.5 Å². The summed E-state index contributed by atoms with van der Waals surface area (Å²) in [5, 5.41) is 0.775. The molecule has 0 unspecified atom stereocenters. The van der Waals surface area contributed by atoms with Crippen LogP contribution in [0, 0.1) is 0 Å². The molecule has 18 heavy (non-hydrogen) atoms. The normalized spacial score (nSPS) is 10.3. The van der Waals surface area contributed by atoms with Gasteiger partial charge in [0.15, 0.2) is 11.3 Å². The lowest BCUT2D eigenvalue weighted by Crippen LogP contribution is -2.01. The van der Waals surface area contributed by atoms with Gasteiger partial charge >= 0.3 is 5.63 Å². The van der Waals surface area contributed by atoms with E-state index >= 15 is 0 Å². The Morgan fingerprint density at radius 3 is 2.78 bits per heavy atom. The largest absolute Gasteiger partial charge is 0.490 e. The topological polar surface area (TPSA) is 48.7 Å². The van der Waals surface area contributed by atoms with Crippen LogP contribution >= 0.6 is 15.9 Å². The first-order valence-corrected chi connectivity index (χ1v) is 5.98. The van der Waals surface area contributed by atoms with E-state index < -0.39 is 5.63 Å². The molecule has 0 bridgehead atoms. The predicted octanol–water partition coefficient (Wildman–Crippen LogP) is 3.09. The van der Waals surface area contributed by atoms with Crippen molar-refractivity contribution >= 4 is 26.9 Å². The lowest BCUT2D eigenvalue weighted by molar-refractivity contribution is 0.323. The van der Waals surface area contributed by atoms with Crippen molar-refractivity contribution in [3.63, 3.8) is 0 Å². The fraction of sp³-hybridized carbons (Fsp3) is 0.154. The molecule has 1 aromatic heterocycles. The summed E-state index contributed by atoms with van der Waals surface area (Å²) in [4.78, 5) is 11.2. The molecule has 2 rings (SSSR count). The zero-order valence-electron chi connectivity index (χ0n) is 9.73. The molecule has 0 aliphatic heterocycles. The third kappa shape index (κ3) is 2.56. The SMILES string of the molecule is C=C(Br)COc1ccc2ccc(=O)oc2c1OC. The Kier molecular flexibility index (Phi) is 3.72. The van der Waals surface area contributed by atoms with E-state index in [4.69, 9.17) is 13.9 Å². The zero-order chi connectivity index (χ0) is 13.1. The lowest BCUT2D eigenvalue weighted by atomic mass is 10.2. The average molecular weight is 311 g/mol. The van der Waals surface area contributed by atoms with Crippen molar-refractivity contribution in [3.8, 4) is 11.5 Å². The van der Waals surface area contributed by atoms with E-state index in [-0.39, 0.29) is 0 Å². The van der Waals surface area contributed by atoms with Gasteiger partial charge in [-0.15, -0.1) is 0 Å². The van der Waals surface area contributed by atoms with Gasteiger partial charge in [-0.25, -0.2) is 4.79 Å². The molecular formula is C13H11BrO4. The van der Waals surface area contributed by atoms with E-state index in [0.717, 1.165) is 5.39 Å². The third-order valence-electron chi connectivity index (χ3n) is 2.30. The van der Waals surface area contributed by atoms with Crippen molar-refractivity contribution in [3.05, 3.63) is 45.7 Å². The highest BCUT2D eigenvalue weighted by Crippen LogP contribution is 2.34. The summed E-state index contributed by atoms with van der Waals surface area (Å²) in [6.07, 6.45) is 0. The summed E-state index contributed by atoms with van der Waals surface area (Å²) in [5.41, 5.74) is -0.0504. The lowest BCUT2D eigenvalue weighted by Gasteiger charge is -2.11. The van der Waals surface area contributed by atoms with Gasteiger partial charge in [-0.2, -0.15) is 0 Å². The van der Waals surface area contributed by atoms with Crippen LogP contribution in [0.5, 0.6) is 11.5 Å². The van der Waals surface area contributed by atoms with Crippen molar-refractivity contribution in [2.45, 2.75) is 0 Å². The van der Waals surface area contributed by atoms with Crippen molar-refractivity contribution in [2.24, 2.45) is 0 Å². The molecular weight excluding hydrogens is 300 g/mol. The quantitative estimate of drug-likeness (QED) is 0.814. The number of hydrogen-bond donors (Lipinski definition) is 0. The number of fused-ring (bicyclic) bond motifs is 1. The molecule has 0 aliphatic rings. The number of methoxy groups -OCH3 is 1. The molecule has 0 spiro atoms. The van der Waals surface area contributed by atoms with Gasteiger partial charge in [-0.3, -0.25) is 0 Å². The molecule has 0 amide bonds. The molecule has 0 aliphatic carbocycles. The summed E-state index contributed by atoms with van der Waals surface area (Å²) >= 11 is 3.21. The molecule has 0 saturated heterocycles. The molecule has 0 fully saturated rings. The summed E-state index contributed by atoms with van der Waals surface area (Å²) in [5.74, 6) is 0.902. The van der Waals surface area contributed by atoms with E-state index in [9.17, 15) is 4.79 Å². The van der Waals surface area contributed by atoms with Crippen LogP contribution in [0.3, 0.4) is 0 Å². The van der Waals surface area contributed by atoms with Crippen molar-refractivity contribution < 1.29 is 13.9 Å². The highest BCUT2D eigenvalue weighted by molar-refractivity contribution is 9.11. The first kappa shape index (κ1) is 12.7. The van der Waals surface area contributed by atoms with E-state index in [0.29, 0.717) is 28.2 Å². The summed E-state index contributed by atoms with van der Waals surface area (Å²) in [6.45, 7) is 3.98. The molecule has 4 nitrogen and oxygen atoms in total. The minimum Gasteiger partial charge on any atom is -0.490 e. The van der Waals surface area contributed by atoms with Gasteiger partial charge in [0.1, 0.15) is 6.61 Å². The van der Waals surface area contributed by atoms with Gasteiger partial charge in [0.25, 0.3) is 0 Å². The number of halogens is 1. The standard InChI is InChI=1S/C13H11BrO4/c1-8(14)7-17-10-5-3-9-4-6-11(15)18-12(9)13(10)16-2/h3-6H,1,7H2,2H3. The van der Waals surface area contributed by atoms with Crippen LogP contribution in [0.25, 0.3) is 11.0 Å². The van der Waals surface area contributed by atoms with Crippen LogP contribution in [-0.2, 0) is 0 Å².